The van der Waals surface area contributed by atoms with Crippen molar-refractivity contribution in [3.63, 3.8) is 0 Å². The van der Waals surface area contributed by atoms with Crippen LogP contribution in [-0.4, -0.2) is 17.4 Å². The predicted octanol–water partition coefficient (Wildman–Crippen LogP) is 3.04. The van der Waals surface area contributed by atoms with Crippen molar-refractivity contribution in [2.75, 3.05) is 12.3 Å². The summed E-state index contributed by atoms with van der Waals surface area (Å²) in [4.78, 5) is 16.8. The van der Waals surface area contributed by atoms with Gasteiger partial charge >= 0.3 is 0 Å². The second-order valence-electron chi connectivity index (χ2n) is 5.42. The van der Waals surface area contributed by atoms with Gasteiger partial charge in [0.2, 0.25) is 0 Å². The summed E-state index contributed by atoms with van der Waals surface area (Å²) in [6, 6.07) is 1.84. The molecule has 102 valence electrons. The molecular weight excluding hydrogens is 258 g/mol. The fourth-order valence-corrected chi connectivity index (χ4v) is 2.67. The lowest BCUT2D eigenvalue weighted by molar-refractivity contribution is 0.0940. The number of thiophene rings is 1. The van der Waals surface area contributed by atoms with Crippen molar-refractivity contribution < 1.29 is 4.79 Å². The molecule has 1 amide bonds. The lowest BCUT2D eigenvalue weighted by Gasteiger charge is -2.22. The van der Waals surface area contributed by atoms with Crippen LogP contribution in [0.15, 0.2) is 18.5 Å². The number of carbonyl (C=O) groups is 1. The Kier molecular flexibility index (Phi) is 3.75. The van der Waals surface area contributed by atoms with Crippen LogP contribution in [0.4, 0.5) is 5.69 Å². The Morgan fingerprint density at radius 2 is 2.26 bits per heavy atom. The highest BCUT2D eigenvalue weighted by molar-refractivity contribution is 7.21. The molecule has 0 bridgehead atoms. The smallest absolute Gasteiger partial charge is 0.263 e. The maximum absolute atomic E-state index is 12.2. The Morgan fingerprint density at radius 3 is 2.89 bits per heavy atom. The first-order valence-electron chi connectivity index (χ1n) is 6.35. The zero-order chi connectivity index (χ0) is 14.0. The van der Waals surface area contributed by atoms with Gasteiger partial charge in [0.15, 0.2) is 0 Å². The molecule has 0 aliphatic carbocycles. The second-order valence-corrected chi connectivity index (χ2v) is 6.47. The third-order valence-corrected chi connectivity index (χ3v) is 4.58. The van der Waals surface area contributed by atoms with Crippen LogP contribution in [-0.2, 0) is 0 Å². The van der Waals surface area contributed by atoms with E-state index < -0.39 is 0 Å². The molecule has 2 aromatic heterocycles. The number of hydrogen-bond acceptors (Lipinski definition) is 4. The Morgan fingerprint density at radius 1 is 1.53 bits per heavy atom. The van der Waals surface area contributed by atoms with E-state index in [1.54, 1.807) is 12.4 Å². The predicted molar refractivity (Wildman–Crippen MR) is 80.4 cm³/mol. The average molecular weight is 277 g/mol. The molecular formula is C14H19N3OS. The van der Waals surface area contributed by atoms with E-state index in [9.17, 15) is 4.79 Å². The molecule has 0 aromatic carbocycles. The molecule has 0 aliphatic heterocycles. The van der Waals surface area contributed by atoms with Crippen molar-refractivity contribution in [1.82, 2.24) is 10.3 Å². The maximum Gasteiger partial charge on any atom is 0.263 e. The van der Waals surface area contributed by atoms with Crippen LogP contribution >= 0.6 is 11.3 Å². The van der Waals surface area contributed by atoms with Gasteiger partial charge in [0, 0.05) is 24.3 Å². The van der Waals surface area contributed by atoms with Crippen LogP contribution in [0.5, 0.6) is 0 Å². The molecule has 0 saturated carbocycles. The Balaban J connectivity index is 2.20. The van der Waals surface area contributed by atoms with Crippen molar-refractivity contribution in [1.29, 1.82) is 0 Å². The number of nitrogens with two attached hydrogens (primary N) is 1. The highest BCUT2D eigenvalue weighted by Gasteiger charge is 2.20. The normalized spacial score (nSPS) is 11.7. The molecule has 19 heavy (non-hydrogen) atoms. The van der Waals surface area contributed by atoms with Crippen molar-refractivity contribution >= 4 is 33.0 Å². The molecule has 0 aliphatic rings. The zero-order valence-corrected chi connectivity index (χ0v) is 12.3. The fraction of sp³-hybridized carbons (Fsp3) is 0.429. The first-order chi connectivity index (χ1) is 8.94. The molecule has 2 rings (SSSR count). The van der Waals surface area contributed by atoms with E-state index in [4.69, 9.17) is 5.73 Å². The van der Waals surface area contributed by atoms with Crippen molar-refractivity contribution in [3.05, 3.63) is 23.3 Å². The van der Waals surface area contributed by atoms with Crippen LogP contribution in [0.1, 0.15) is 36.9 Å². The van der Waals surface area contributed by atoms with Crippen LogP contribution in [0.3, 0.4) is 0 Å². The summed E-state index contributed by atoms with van der Waals surface area (Å²) < 4.78 is 0.944. The van der Waals surface area contributed by atoms with Gasteiger partial charge in [-0.1, -0.05) is 20.8 Å². The molecule has 2 aromatic rings. The van der Waals surface area contributed by atoms with E-state index in [2.05, 4.69) is 31.1 Å². The quantitative estimate of drug-likeness (QED) is 0.902. The van der Waals surface area contributed by atoms with Crippen molar-refractivity contribution in [2.24, 2.45) is 5.41 Å². The number of nitrogens with one attached hydrogen (secondary N) is 1. The van der Waals surface area contributed by atoms with Gasteiger partial charge in [-0.25, -0.2) is 0 Å². The first-order valence-corrected chi connectivity index (χ1v) is 7.16. The van der Waals surface area contributed by atoms with E-state index in [1.165, 1.54) is 11.3 Å². The minimum atomic E-state index is -0.0970. The van der Waals surface area contributed by atoms with Gasteiger partial charge < -0.3 is 11.1 Å². The van der Waals surface area contributed by atoms with Gasteiger partial charge in [-0.15, -0.1) is 11.3 Å². The number of rotatable bonds is 4. The highest BCUT2D eigenvalue weighted by Crippen LogP contribution is 2.32. The van der Waals surface area contributed by atoms with E-state index >= 15 is 0 Å². The molecule has 3 N–H and O–H groups in total. The summed E-state index contributed by atoms with van der Waals surface area (Å²) in [6.45, 7) is 7.02. The topological polar surface area (TPSA) is 68.0 Å². The number of nitrogens with zero attached hydrogens (tertiary/aromatic N) is 1. The molecule has 4 nitrogen and oxygen atoms in total. The van der Waals surface area contributed by atoms with Crippen molar-refractivity contribution in [3.8, 4) is 0 Å². The lowest BCUT2D eigenvalue weighted by Crippen LogP contribution is -2.33. The van der Waals surface area contributed by atoms with Gasteiger partial charge in [-0.2, -0.15) is 0 Å². The lowest BCUT2D eigenvalue weighted by atomic mass is 9.90. The number of anilines is 1. The van der Waals surface area contributed by atoms with Gasteiger partial charge in [0.05, 0.1) is 10.4 Å². The SMILES string of the molecule is CCC(C)(C)CNC(=O)c1sc2cnccc2c1N. The molecule has 5 heteroatoms. The molecule has 0 unspecified atom stereocenters. The number of pyridine rings is 1. The number of carbonyl (C=O) groups excluding carboxylic acids is 1. The number of fused-ring (bicyclic) bond motifs is 1. The van der Waals surface area contributed by atoms with Crippen molar-refractivity contribution in [2.45, 2.75) is 27.2 Å². The number of hydrogen-bond donors (Lipinski definition) is 2. The average Bonchev–Trinajstić information content (AvgIpc) is 2.74. The first kappa shape index (κ1) is 13.8. The van der Waals surface area contributed by atoms with Crippen LogP contribution in [0.25, 0.3) is 10.1 Å². The summed E-state index contributed by atoms with van der Waals surface area (Å²) in [5.41, 5.74) is 6.68. The molecule has 0 saturated heterocycles. The summed E-state index contributed by atoms with van der Waals surface area (Å²) in [5, 5.41) is 3.87. The molecule has 2 heterocycles. The minimum absolute atomic E-state index is 0.0970. The van der Waals surface area contributed by atoms with E-state index in [-0.39, 0.29) is 11.3 Å². The summed E-state index contributed by atoms with van der Waals surface area (Å²) >= 11 is 1.39. The number of nitrogen functional groups attached to an aromatic ring is 1. The van der Waals surface area contributed by atoms with Gasteiger partial charge in [-0.3, -0.25) is 9.78 Å². The highest BCUT2D eigenvalue weighted by atomic mass is 32.1. The van der Waals surface area contributed by atoms with Crippen LogP contribution in [0, 0.1) is 5.41 Å². The Labute approximate surface area is 117 Å². The summed E-state index contributed by atoms with van der Waals surface area (Å²) in [7, 11) is 0. The third-order valence-electron chi connectivity index (χ3n) is 3.42. The molecule has 0 atom stereocenters. The second kappa shape index (κ2) is 5.17. The fourth-order valence-electron chi connectivity index (χ4n) is 1.66. The zero-order valence-electron chi connectivity index (χ0n) is 11.5. The van der Waals surface area contributed by atoms with Crippen LogP contribution in [0.2, 0.25) is 0 Å². The summed E-state index contributed by atoms with van der Waals surface area (Å²) in [5.74, 6) is -0.0970. The summed E-state index contributed by atoms with van der Waals surface area (Å²) in [6.07, 6.45) is 4.44. The van der Waals surface area contributed by atoms with Crippen LogP contribution < -0.4 is 11.1 Å². The maximum atomic E-state index is 12.2. The molecule has 0 radical (unpaired) electrons. The molecule has 0 fully saturated rings. The van der Waals surface area contributed by atoms with Gasteiger partial charge in [0.25, 0.3) is 5.91 Å². The molecule has 0 spiro atoms. The van der Waals surface area contributed by atoms with E-state index in [0.717, 1.165) is 16.5 Å². The number of aromatic nitrogens is 1. The largest absolute Gasteiger partial charge is 0.397 e. The van der Waals surface area contributed by atoms with E-state index in [1.807, 2.05) is 6.07 Å². The van der Waals surface area contributed by atoms with Gasteiger partial charge in [-0.05, 0) is 17.9 Å². The van der Waals surface area contributed by atoms with Gasteiger partial charge in [0.1, 0.15) is 4.88 Å². The standard InChI is InChI=1S/C14H19N3OS/c1-4-14(2,3)8-17-13(18)12-11(15)9-5-6-16-7-10(9)19-12/h5-7H,4,8,15H2,1-3H3,(H,17,18). The Bertz CT molecular complexity index is 604. The number of amides is 1. The van der Waals surface area contributed by atoms with E-state index in [0.29, 0.717) is 17.1 Å². The Hall–Kier alpha value is -1.62. The monoisotopic (exact) mass is 277 g/mol. The third kappa shape index (κ3) is 2.87. The minimum Gasteiger partial charge on any atom is -0.397 e.